The fraction of sp³-hybridized carbons (Fsp3) is 0.381. The molecule has 0 bridgehead atoms. The molecular weight excluding hydrogens is 344 g/mol. The van der Waals surface area contributed by atoms with E-state index >= 15 is 0 Å². The molecule has 6 nitrogen and oxygen atoms in total. The van der Waals surface area contributed by atoms with Crippen molar-refractivity contribution in [2.45, 2.75) is 46.3 Å². The van der Waals surface area contributed by atoms with Gasteiger partial charge in [0, 0.05) is 18.9 Å². The van der Waals surface area contributed by atoms with Crippen LogP contribution in [0.25, 0.3) is 0 Å². The van der Waals surface area contributed by atoms with Crippen molar-refractivity contribution in [3.63, 3.8) is 0 Å². The predicted molar refractivity (Wildman–Crippen MR) is 103 cm³/mol. The first-order valence-electron chi connectivity index (χ1n) is 8.93. The fourth-order valence-corrected chi connectivity index (χ4v) is 2.51. The average molecular weight is 370 g/mol. The van der Waals surface area contributed by atoms with Crippen LogP contribution in [0.4, 0.5) is 4.79 Å². The van der Waals surface area contributed by atoms with Crippen molar-refractivity contribution in [2.75, 3.05) is 6.61 Å². The molecule has 1 heterocycles. The summed E-state index contributed by atoms with van der Waals surface area (Å²) in [7, 11) is 0. The van der Waals surface area contributed by atoms with Gasteiger partial charge in [0.05, 0.1) is 12.2 Å². The van der Waals surface area contributed by atoms with Gasteiger partial charge >= 0.3 is 12.1 Å². The molecule has 0 aliphatic heterocycles. The van der Waals surface area contributed by atoms with Crippen LogP contribution in [0.5, 0.6) is 0 Å². The normalized spacial score (nSPS) is 11.0. The van der Waals surface area contributed by atoms with E-state index in [2.05, 4.69) is 10.3 Å². The number of esters is 1. The summed E-state index contributed by atoms with van der Waals surface area (Å²) in [6, 6.07) is 9.58. The minimum absolute atomic E-state index is 0.322. The Morgan fingerprint density at radius 2 is 1.81 bits per heavy atom. The molecule has 1 N–H and O–H groups in total. The number of hydrogen-bond donors (Lipinski definition) is 1. The van der Waals surface area contributed by atoms with E-state index in [1.165, 1.54) is 6.20 Å². The van der Waals surface area contributed by atoms with Gasteiger partial charge in [-0.05, 0) is 56.9 Å². The van der Waals surface area contributed by atoms with Gasteiger partial charge in [0.1, 0.15) is 5.60 Å². The molecule has 0 saturated carbocycles. The molecule has 0 radical (unpaired) electrons. The Balaban J connectivity index is 2.09. The lowest BCUT2D eigenvalue weighted by Gasteiger charge is -2.20. The summed E-state index contributed by atoms with van der Waals surface area (Å²) >= 11 is 0. The molecule has 0 unspecified atom stereocenters. The van der Waals surface area contributed by atoms with Crippen molar-refractivity contribution in [2.24, 2.45) is 0 Å². The maximum atomic E-state index is 11.9. The number of carbonyl (C=O) groups is 2. The van der Waals surface area contributed by atoms with Crippen molar-refractivity contribution in [3.8, 4) is 0 Å². The van der Waals surface area contributed by atoms with Crippen LogP contribution in [0.3, 0.4) is 0 Å². The molecule has 1 aromatic heterocycles. The molecule has 0 fully saturated rings. The van der Waals surface area contributed by atoms with E-state index in [4.69, 9.17) is 9.47 Å². The number of carbonyl (C=O) groups excluding carboxylic acids is 2. The highest BCUT2D eigenvalue weighted by molar-refractivity contribution is 5.89. The van der Waals surface area contributed by atoms with E-state index in [1.54, 1.807) is 19.2 Å². The van der Waals surface area contributed by atoms with Crippen LogP contribution in [0.15, 0.2) is 42.7 Å². The number of pyridine rings is 1. The van der Waals surface area contributed by atoms with Gasteiger partial charge in [-0.3, -0.25) is 4.98 Å². The molecule has 27 heavy (non-hydrogen) atoms. The van der Waals surface area contributed by atoms with Gasteiger partial charge in [-0.15, -0.1) is 0 Å². The summed E-state index contributed by atoms with van der Waals surface area (Å²) in [4.78, 5) is 27.9. The van der Waals surface area contributed by atoms with Crippen LogP contribution in [0, 0.1) is 0 Å². The molecule has 0 aliphatic rings. The van der Waals surface area contributed by atoms with Gasteiger partial charge in [-0.1, -0.05) is 24.3 Å². The Labute approximate surface area is 159 Å². The summed E-state index contributed by atoms with van der Waals surface area (Å²) in [5.74, 6) is -0.383. The first-order valence-corrected chi connectivity index (χ1v) is 8.93. The molecule has 0 saturated heterocycles. The molecule has 0 atom stereocenters. The number of nitrogens with zero attached hydrogens (tertiary/aromatic N) is 1. The zero-order valence-corrected chi connectivity index (χ0v) is 16.2. The van der Waals surface area contributed by atoms with Gasteiger partial charge in [-0.25, -0.2) is 9.59 Å². The third-order valence-electron chi connectivity index (χ3n) is 3.64. The Morgan fingerprint density at radius 3 is 2.48 bits per heavy atom. The minimum atomic E-state index is -0.539. The summed E-state index contributed by atoms with van der Waals surface area (Å²) in [6.45, 7) is 7.92. The van der Waals surface area contributed by atoms with Crippen molar-refractivity contribution >= 4 is 12.1 Å². The number of amides is 1. The zero-order valence-electron chi connectivity index (χ0n) is 16.2. The van der Waals surface area contributed by atoms with Gasteiger partial charge < -0.3 is 14.8 Å². The number of nitrogens with one attached hydrogen (secondary N) is 1. The van der Waals surface area contributed by atoms with E-state index in [0.29, 0.717) is 25.1 Å². The van der Waals surface area contributed by atoms with Crippen molar-refractivity contribution in [1.82, 2.24) is 10.3 Å². The van der Waals surface area contributed by atoms with Crippen LogP contribution in [0.1, 0.15) is 54.7 Å². The molecule has 0 aliphatic carbocycles. The van der Waals surface area contributed by atoms with E-state index in [-0.39, 0.29) is 5.97 Å². The summed E-state index contributed by atoms with van der Waals surface area (Å²) in [6.07, 6.45) is 3.35. The summed E-state index contributed by atoms with van der Waals surface area (Å²) in [5.41, 5.74) is 2.80. The molecule has 1 aromatic carbocycles. The number of aromatic nitrogens is 1. The van der Waals surface area contributed by atoms with Gasteiger partial charge in [-0.2, -0.15) is 0 Å². The van der Waals surface area contributed by atoms with Crippen LogP contribution in [0.2, 0.25) is 0 Å². The average Bonchev–Trinajstić information content (AvgIpc) is 2.60. The first-order chi connectivity index (χ1) is 12.8. The Hall–Kier alpha value is -2.89. The van der Waals surface area contributed by atoms with Crippen LogP contribution in [-0.2, 0) is 22.4 Å². The standard InChI is InChI=1S/C21H26N2O4/c1-5-26-19(24)18-11-15(12-22-13-18)10-16-8-6-7-9-17(16)14-23-20(25)27-21(2,3)4/h6-9,11-13H,5,10,14H2,1-4H3,(H,23,25). The fourth-order valence-electron chi connectivity index (χ4n) is 2.51. The Bertz CT molecular complexity index is 797. The minimum Gasteiger partial charge on any atom is -0.462 e. The van der Waals surface area contributed by atoms with Crippen molar-refractivity contribution in [3.05, 3.63) is 65.0 Å². The van der Waals surface area contributed by atoms with Gasteiger partial charge in [0.25, 0.3) is 0 Å². The molecule has 144 valence electrons. The van der Waals surface area contributed by atoms with Gasteiger partial charge in [0.2, 0.25) is 0 Å². The quantitative estimate of drug-likeness (QED) is 0.781. The van der Waals surface area contributed by atoms with E-state index < -0.39 is 11.7 Å². The highest BCUT2D eigenvalue weighted by Gasteiger charge is 2.16. The van der Waals surface area contributed by atoms with Crippen LogP contribution in [-0.4, -0.2) is 29.3 Å². The molecule has 6 heteroatoms. The number of hydrogen-bond acceptors (Lipinski definition) is 5. The largest absolute Gasteiger partial charge is 0.462 e. The highest BCUT2D eigenvalue weighted by Crippen LogP contribution is 2.16. The SMILES string of the molecule is CCOC(=O)c1cncc(Cc2ccccc2CNC(=O)OC(C)(C)C)c1. The van der Waals surface area contributed by atoms with Crippen LogP contribution >= 0.6 is 0 Å². The van der Waals surface area contributed by atoms with E-state index in [9.17, 15) is 9.59 Å². The van der Waals surface area contributed by atoms with E-state index in [0.717, 1.165) is 16.7 Å². The predicted octanol–water partition coefficient (Wildman–Crippen LogP) is 3.87. The smallest absolute Gasteiger partial charge is 0.407 e. The number of rotatable bonds is 6. The maximum Gasteiger partial charge on any atom is 0.407 e. The van der Waals surface area contributed by atoms with Crippen molar-refractivity contribution < 1.29 is 19.1 Å². The first kappa shape index (κ1) is 20.4. The zero-order chi connectivity index (χ0) is 19.9. The maximum absolute atomic E-state index is 11.9. The Kier molecular flexibility index (Phi) is 6.93. The van der Waals surface area contributed by atoms with E-state index in [1.807, 2.05) is 45.0 Å². The second kappa shape index (κ2) is 9.16. The van der Waals surface area contributed by atoms with Crippen molar-refractivity contribution in [1.29, 1.82) is 0 Å². The molecule has 0 spiro atoms. The number of ether oxygens (including phenoxy) is 2. The van der Waals surface area contributed by atoms with Gasteiger partial charge in [0.15, 0.2) is 0 Å². The number of benzene rings is 1. The molecule has 1 amide bonds. The number of alkyl carbamates (subject to hydrolysis) is 1. The Morgan fingerprint density at radius 1 is 1.11 bits per heavy atom. The molecule has 2 rings (SSSR count). The lowest BCUT2D eigenvalue weighted by molar-refractivity contribution is 0.0514. The summed E-state index contributed by atoms with van der Waals surface area (Å²) < 4.78 is 10.3. The second-order valence-corrected chi connectivity index (χ2v) is 7.10. The summed E-state index contributed by atoms with van der Waals surface area (Å²) in [5, 5.41) is 2.78. The molecular formula is C21H26N2O4. The topological polar surface area (TPSA) is 77.5 Å². The molecule has 2 aromatic rings. The monoisotopic (exact) mass is 370 g/mol. The van der Waals surface area contributed by atoms with Crippen LogP contribution < -0.4 is 5.32 Å². The lowest BCUT2D eigenvalue weighted by atomic mass is 10.00. The lowest BCUT2D eigenvalue weighted by Crippen LogP contribution is -2.32. The third kappa shape index (κ3) is 6.73. The second-order valence-electron chi connectivity index (χ2n) is 7.10. The third-order valence-corrected chi connectivity index (χ3v) is 3.64. The highest BCUT2D eigenvalue weighted by atomic mass is 16.6.